The molecule has 0 spiro atoms. The molecular weight excluding hydrogens is 396 g/mol. The molecule has 0 bridgehead atoms. The quantitative estimate of drug-likeness (QED) is 0.617. The summed E-state index contributed by atoms with van der Waals surface area (Å²) < 4.78 is 3.46. The highest BCUT2D eigenvalue weighted by atomic mass is 16.2. The average Bonchev–Trinajstić information content (AvgIpc) is 3.34. The van der Waals surface area contributed by atoms with Crippen molar-refractivity contribution in [2.75, 3.05) is 25.0 Å². The van der Waals surface area contributed by atoms with Gasteiger partial charge in [0.05, 0.1) is 12.2 Å². The molecule has 2 amide bonds. The van der Waals surface area contributed by atoms with Gasteiger partial charge in [-0.15, -0.1) is 5.10 Å². The molecule has 2 aromatic heterocycles. The van der Waals surface area contributed by atoms with Crippen LogP contribution in [0.1, 0.15) is 34.2 Å². The van der Waals surface area contributed by atoms with E-state index in [0.29, 0.717) is 25.4 Å². The smallest absolute Gasteiger partial charge is 0.291 e. The van der Waals surface area contributed by atoms with Crippen LogP contribution in [0, 0.1) is 0 Å². The maximum Gasteiger partial charge on any atom is 0.291 e. The number of anilines is 1. The third kappa shape index (κ3) is 3.81. The highest BCUT2D eigenvalue weighted by Gasteiger charge is 2.33. The van der Waals surface area contributed by atoms with Gasteiger partial charge in [-0.1, -0.05) is 30.3 Å². The first-order chi connectivity index (χ1) is 15.1. The Balaban J connectivity index is 1.25. The molecule has 0 unspecified atom stereocenters. The van der Waals surface area contributed by atoms with E-state index in [1.165, 1.54) is 6.33 Å². The molecule has 2 aliphatic heterocycles. The van der Waals surface area contributed by atoms with Crippen LogP contribution in [0.4, 0.5) is 5.82 Å². The van der Waals surface area contributed by atoms with Crippen molar-refractivity contribution in [3.05, 3.63) is 59.8 Å². The predicted molar refractivity (Wildman–Crippen MR) is 113 cm³/mol. The summed E-state index contributed by atoms with van der Waals surface area (Å²) in [6.07, 6.45) is 1.98. The Labute approximate surface area is 179 Å². The number of amides is 2. The molecule has 0 saturated carbocycles. The maximum atomic E-state index is 13.0. The van der Waals surface area contributed by atoms with E-state index < -0.39 is 11.9 Å². The van der Waals surface area contributed by atoms with Crippen molar-refractivity contribution in [3.8, 4) is 0 Å². The van der Waals surface area contributed by atoms with Crippen molar-refractivity contribution in [3.63, 3.8) is 0 Å². The van der Waals surface area contributed by atoms with E-state index in [1.807, 2.05) is 41.1 Å². The summed E-state index contributed by atoms with van der Waals surface area (Å²) in [6.45, 7) is 2.89. The summed E-state index contributed by atoms with van der Waals surface area (Å²) in [5, 5.41) is 15.0. The predicted octanol–water partition coefficient (Wildman–Crippen LogP) is 0.375. The SMILES string of the molecule is CN1C(=O)[C@@H](NC(=O)c2ncn(Cc3ccccc3)n2)CCn2nc(C3CNC3)cc21. The van der Waals surface area contributed by atoms with E-state index in [9.17, 15) is 9.59 Å². The van der Waals surface area contributed by atoms with Crippen molar-refractivity contribution in [1.82, 2.24) is 35.2 Å². The molecule has 1 saturated heterocycles. The second kappa shape index (κ2) is 7.95. The number of benzene rings is 1. The molecule has 1 fully saturated rings. The number of rotatable bonds is 5. The number of hydrogen-bond donors (Lipinski definition) is 2. The maximum absolute atomic E-state index is 13.0. The van der Waals surface area contributed by atoms with Crippen molar-refractivity contribution in [2.45, 2.75) is 31.5 Å². The van der Waals surface area contributed by atoms with E-state index in [2.05, 4.69) is 25.8 Å². The van der Waals surface area contributed by atoms with Gasteiger partial charge < -0.3 is 10.6 Å². The summed E-state index contributed by atoms with van der Waals surface area (Å²) in [4.78, 5) is 31.4. The molecule has 2 N–H and O–H groups in total. The van der Waals surface area contributed by atoms with Gasteiger partial charge in [0.1, 0.15) is 18.2 Å². The number of carbonyl (C=O) groups is 2. The van der Waals surface area contributed by atoms with Crippen LogP contribution in [0.2, 0.25) is 0 Å². The van der Waals surface area contributed by atoms with Crippen molar-refractivity contribution < 1.29 is 9.59 Å². The standard InChI is InChI=1S/C21H24N8O2/c1-27-18-9-17(15-10-22-11-15)25-29(18)8-7-16(21(27)31)24-20(30)19-23-13-28(26-19)12-14-5-3-2-4-6-14/h2-6,9,13,15-16,22H,7-8,10-12H2,1H3,(H,24,30)/t16-/m0/s1. The van der Waals surface area contributed by atoms with E-state index in [-0.39, 0.29) is 11.7 Å². The lowest BCUT2D eigenvalue weighted by Gasteiger charge is -2.25. The topological polar surface area (TPSA) is 110 Å². The number of aryl methyl sites for hydroxylation is 1. The lowest BCUT2D eigenvalue weighted by molar-refractivity contribution is -0.120. The van der Waals surface area contributed by atoms with Crippen LogP contribution in [0.5, 0.6) is 0 Å². The Bertz CT molecular complexity index is 1100. The molecule has 31 heavy (non-hydrogen) atoms. The van der Waals surface area contributed by atoms with Gasteiger partial charge in [-0.05, 0) is 12.0 Å². The highest BCUT2D eigenvalue weighted by molar-refractivity contribution is 6.00. The minimum absolute atomic E-state index is 0.0492. The number of hydrogen-bond acceptors (Lipinski definition) is 6. The van der Waals surface area contributed by atoms with Gasteiger partial charge in [0.25, 0.3) is 11.8 Å². The minimum Gasteiger partial charge on any atom is -0.337 e. The Hall–Kier alpha value is -3.53. The fourth-order valence-electron chi connectivity index (χ4n) is 3.88. The normalized spacial score (nSPS) is 18.9. The zero-order valence-corrected chi connectivity index (χ0v) is 17.2. The summed E-state index contributed by atoms with van der Waals surface area (Å²) in [5.74, 6) is 0.575. The number of fused-ring (bicyclic) bond motifs is 1. The first-order valence-corrected chi connectivity index (χ1v) is 10.4. The first-order valence-electron chi connectivity index (χ1n) is 10.4. The van der Waals surface area contributed by atoms with Crippen LogP contribution >= 0.6 is 0 Å². The molecule has 1 aromatic carbocycles. The van der Waals surface area contributed by atoms with Gasteiger partial charge in [0, 0.05) is 38.7 Å². The molecule has 5 rings (SSSR count). The highest BCUT2D eigenvalue weighted by Crippen LogP contribution is 2.26. The average molecular weight is 420 g/mol. The number of aromatic nitrogens is 5. The van der Waals surface area contributed by atoms with Gasteiger partial charge >= 0.3 is 0 Å². The van der Waals surface area contributed by atoms with Crippen LogP contribution in [0.3, 0.4) is 0 Å². The van der Waals surface area contributed by atoms with Crippen molar-refractivity contribution >= 4 is 17.6 Å². The van der Waals surface area contributed by atoms with Gasteiger partial charge in [-0.3, -0.25) is 14.5 Å². The number of nitrogens with zero attached hydrogens (tertiary/aromatic N) is 6. The van der Waals surface area contributed by atoms with Crippen LogP contribution in [0.25, 0.3) is 0 Å². The van der Waals surface area contributed by atoms with Gasteiger partial charge in [-0.2, -0.15) is 5.10 Å². The zero-order chi connectivity index (χ0) is 21.4. The van der Waals surface area contributed by atoms with Gasteiger partial charge in [0.2, 0.25) is 5.82 Å². The second-order valence-corrected chi connectivity index (χ2v) is 7.97. The molecule has 2 aliphatic rings. The van der Waals surface area contributed by atoms with E-state index >= 15 is 0 Å². The first kappa shape index (κ1) is 19.4. The third-order valence-electron chi connectivity index (χ3n) is 5.81. The monoisotopic (exact) mass is 420 g/mol. The van der Waals surface area contributed by atoms with Crippen LogP contribution < -0.4 is 15.5 Å². The number of likely N-dealkylation sites (N-methyl/N-ethyl adjacent to an activating group) is 1. The van der Waals surface area contributed by atoms with Gasteiger partial charge in [-0.25, -0.2) is 14.3 Å². The number of nitrogens with one attached hydrogen (secondary N) is 2. The molecule has 0 aliphatic carbocycles. The van der Waals surface area contributed by atoms with Crippen LogP contribution in [0.15, 0.2) is 42.7 Å². The van der Waals surface area contributed by atoms with Crippen LogP contribution in [-0.4, -0.2) is 62.5 Å². The Morgan fingerprint density at radius 1 is 1.23 bits per heavy atom. The second-order valence-electron chi connectivity index (χ2n) is 7.97. The summed E-state index contributed by atoms with van der Waals surface area (Å²) in [6, 6.07) is 11.1. The molecule has 10 heteroatoms. The Kier molecular flexibility index (Phi) is 4.99. The Morgan fingerprint density at radius 2 is 2.03 bits per heavy atom. The van der Waals surface area contributed by atoms with Crippen molar-refractivity contribution in [2.24, 2.45) is 0 Å². The lowest BCUT2D eigenvalue weighted by Crippen LogP contribution is -2.47. The van der Waals surface area contributed by atoms with Crippen LogP contribution in [-0.2, 0) is 17.9 Å². The summed E-state index contributed by atoms with van der Waals surface area (Å²) in [5.41, 5.74) is 2.07. The van der Waals surface area contributed by atoms with E-state index in [1.54, 1.807) is 16.6 Å². The molecule has 10 nitrogen and oxygen atoms in total. The molecule has 0 radical (unpaired) electrons. The largest absolute Gasteiger partial charge is 0.337 e. The minimum atomic E-state index is -0.658. The molecule has 1 atom stereocenters. The molecular formula is C21H24N8O2. The summed E-state index contributed by atoms with van der Waals surface area (Å²) in [7, 11) is 1.72. The summed E-state index contributed by atoms with van der Waals surface area (Å²) >= 11 is 0. The lowest BCUT2D eigenvalue weighted by atomic mass is 10.00. The number of carbonyl (C=O) groups excluding carboxylic acids is 2. The molecule has 160 valence electrons. The molecule has 3 aromatic rings. The molecule has 4 heterocycles. The van der Waals surface area contributed by atoms with E-state index in [4.69, 9.17) is 0 Å². The third-order valence-corrected chi connectivity index (χ3v) is 5.81. The zero-order valence-electron chi connectivity index (χ0n) is 17.2. The Morgan fingerprint density at radius 3 is 2.77 bits per heavy atom. The fourth-order valence-corrected chi connectivity index (χ4v) is 3.88. The van der Waals surface area contributed by atoms with Gasteiger partial charge in [0.15, 0.2) is 0 Å². The van der Waals surface area contributed by atoms with Crippen molar-refractivity contribution in [1.29, 1.82) is 0 Å². The fraction of sp³-hybridized carbons (Fsp3) is 0.381. The van der Waals surface area contributed by atoms with E-state index in [0.717, 1.165) is 30.2 Å².